The molecule has 3 aromatic rings. The Balaban J connectivity index is 1.35. The average Bonchev–Trinajstić information content (AvgIpc) is 3.24. The lowest BCUT2D eigenvalue weighted by atomic mass is 9.89. The summed E-state index contributed by atoms with van der Waals surface area (Å²) in [6.45, 7) is 9.77. The number of ether oxygens (including phenoxy) is 1. The summed E-state index contributed by atoms with van der Waals surface area (Å²) in [7, 11) is 0. The van der Waals surface area contributed by atoms with Crippen LogP contribution in [0.25, 0.3) is 10.2 Å². The average molecular weight is 479 g/mol. The molecule has 0 spiro atoms. The number of amides is 1. The first-order chi connectivity index (χ1) is 16.5. The first kappa shape index (κ1) is 23.1. The van der Waals surface area contributed by atoms with Crippen LogP contribution in [0.15, 0.2) is 30.3 Å². The van der Waals surface area contributed by atoms with E-state index >= 15 is 0 Å². The van der Waals surface area contributed by atoms with Crippen LogP contribution in [0.2, 0.25) is 0 Å². The van der Waals surface area contributed by atoms with Crippen molar-refractivity contribution < 1.29 is 9.53 Å². The summed E-state index contributed by atoms with van der Waals surface area (Å²) in [6.07, 6.45) is 4.52. The molecule has 1 saturated heterocycles. The van der Waals surface area contributed by atoms with Crippen LogP contribution in [0.1, 0.15) is 55.8 Å². The van der Waals surface area contributed by atoms with Gasteiger partial charge in [0.15, 0.2) is 6.61 Å². The molecule has 0 saturated carbocycles. The molecule has 34 heavy (non-hydrogen) atoms. The Kier molecular flexibility index (Phi) is 6.73. The van der Waals surface area contributed by atoms with Gasteiger partial charge >= 0.3 is 0 Å². The van der Waals surface area contributed by atoms with Gasteiger partial charge in [-0.1, -0.05) is 39.0 Å². The monoisotopic (exact) mass is 478 g/mol. The SMILES string of the molecule is CCC(C)c1nc(N2CCN(C(=O)COc3ccccc3)CC2)c2c3c(sc2n1)CC(C)CC3. The predicted molar refractivity (Wildman–Crippen MR) is 138 cm³/mol. The van der Waals surface area contributed by atoms with E-state index in [2.05, 4.69) is 25.7 Å². The van der Waals surface area contributed by atoms with Gasteiger partial charge in [0.2, 0.25) is 0 Å². The standard InChI is InChI=1S/C27H34N4O2S/c1-4-19(3)25-28-26(24-21-11-10-18(2)16-22(21)34-27(24)29-25)31-14-12-30(13-15-31)23(32)17-33-20-8-6-5-7-9-20/h5-9,18-19H,4,10-17H2,1-3H3. The van der Waals surface area contributed by atoms with Gasteiger partial charge in [0.05, 0.1) is 5.39 Å². The third-order valence-electron chi connectivity index (χ3n) is 7.24. The molecule has 1 aromatic carbocycles. The van der Waals surface area contributed by atoms with Crippen LogP contribution < -0.4 is 9.64 Å². The van der Waals surface area contributed by atoms with E-state index < -0.39 is 0 Å². The Hall–Kier alpha value is -2.67. The molecule has 2 unspecified atom stereocenters. The Bertz CT molecular complexity index is 1150. The van der Waals surface area contributed by atoms with Crippen LogP contribution in [0.5, 0.6) is 5.75 Å². The van der Waals surface area contributed by atoms with Crippen molar-refractivity contribution in [2.24, 2.45) is 5.92 Å². The molecule has 1 aliphatic carbocycles. The smallest absolute Gasteiger partial charge is 0.260 e. The van der Waals surface area contributed by atoms with Crippen LogP contribution in [-0.2, 0) is 17.6 Å². The Labute approximate surface area is 206 Å². The van der Waals surface area contributed by atoms with E-state index in [4.69, 9.17) is 14.7 Å². The molecule has 1 aliphatic heterocycles. The zero-order valence-electron chi connectivity index (χ0n) is 20.4. The summed E-state index contributed by atoms with van der Waals surface area (Å²) < 4.78 is 5.68. The molecule has 2 aliphatic rings. The van der Waals surface area contributed by atoms with Crippen molar-refractivity contribution in [1.29, 1.82) is 0 Å². The summed E-state index contributed by atoms with van der Waals surface area (Å²) in [6, 6.07) is 9.53. The molecule has 0 radical (unpaired) electrons. The lowest BCUT2D eigenvalue weighted by Crippen LogP contribution is -2.50. The van der Waals surface area contributed by atoms with Gasteiger partial charge in [-0.05, 0) is 49.3 Å². The highest BCUT2D eigenvalue weighted by molar-refractivity contribution is 7.19. The van der Waals surface area contributed by atoms with Crippen LogP contribution in [-0.4, -0.2) is 53.6 Å². The second-order valence-corrected chi connectivity index (χ2v) is 10.8. The maximum Gasteiger partial charge on any atom is 0.260 e. The van der Waals surface area contributed by atoms with Crippen LogP contribution in [0.3, 0.4) is 0 Å². The van der Waals surface area contributed by atoms with E-state index in [-0.39, 0.29) is 12.5 Å². The quantitative estimate of drug-likeness (QED) is 0.496. The van der Waals surface area contributed by atoms with E-state index in [0.29, 0.717) is 19.0 Å². The topological polar surface area (TPSA) is 58.6 Å². The summed E-state index contributed by atoms with van der Waals surface area (Å²) in [5.41, 5.74) is 1.47. The number of hydrogen-bond acceptors (Lipinski definition) is 6. The number of para-hydroxylation sites is 1. The lowest BCUT2D eigenvalue weighted by Gasteiger charge is -2.36. The number of rotatable bonds is 6. The number of benzene rings is 1. The summed E-state index contributed by atoms with van der Waals surface area (Å²) in [4.78, 5) is 29.8. The molecule has 0 N–H and O–H groups in total. The molecule has 2 aromatic heterocycles. The molecular formula is C27H34N4O2S. The van der Waals surface area contributed by atoms with Crippen molar-refractivity contribution in [3.05, 3.63) is 46.6 Å². The third-order valence-corrected chi connectivity index (χ3v) is 8.39. The number of aryl methyl sites for hydroxylation is 1. The fourth-order valence-corrected chi connectivity index (χ4v) is 6.28. The van der Waals surface area contributed by atoms with Crippen molar-refractivity contribution in [3.8, 4) is 5.75 Å². The summed E-state index contributed by atoms with van der Waals surface area (Å²) in [5.74, 6) is 3.87. The third kappa shape index (κ3) is 4.63. The number of aromatic nitrogens is 2. The molecule has 1 fully saturated rings. The maximum absolute atomic E-state index is 12.7. The normalized spacial score (nSPS) is 19.2. The van der Waals surface area contributed by atoms with Gasteiger partial charge in [-0.15, -0.1) is 11.3 Å². The van der Waals surface area contributed by atoms with Gasteiger partial charge in [-0.25, -0.2) is 9.97 Å². The van der Waals surface area contributed by atoms with Crippen molar-refractivity contribution in [1.82, 2.24) is 14.9 Å². The molecule has 6 nitrogen and oxygen atoms in total. The largest absolute Gasteiger partial charge is 0.484 e. The predicted octanol–water partition coefficient (Wildman–Crippen LogP) is 5.06. The number of piperazine rings is 1. The van der Waals surface area contributed by atoms with E-state index in [9.17, 15) is 4.79 Å². The molecule has 2 atom stereocenters. The van der Waals surface area contributed by atoms with E-state index in [1.165, 1.54) is 22.2 Å². The highest BCUT2D eigenvalue weighted by Gasteiger charge is 2.29. The molecule has 7 heteroatoms. The minimum absolute atomic E-state index is 0.0403. The van der Waals surface area contributed by atoms with Crippen LogP contribution >= 0.6 is 11.3 Å². The fourth-order valence-electron chi connectivity index (χ4n) is 4.89. The van der Waals surface area contributed by atoms with Crippen LogP contribution in [0.4, 0.5) is 5.82 Å². The Morgan fingerprint density at radius 2 is 1.94 bits per heavy atom. The van der Waals surface area contributed by atoms with Crippen molar-refractivity contribution in [3.63, 3.8) is 0 Å². The second kappa shape index (κ2) is 9.90. The van der Waals surface area contributed by atoms with E-state index in [0.717, 1.165) is 60.5 Å². The first-order valence-corrected chi connectivity index (χ1v) is 13.4. The van der Waals surface area contributed by atoms with Crippen molar-refractivity contribution in [2.75, 3.05) is 37.7 Å². The van der Waals surface area contributed by atoms with Gasteiger partial charge in [0.25, 0.3) is 5.91 Å². The summed E-state index contributed by atoms with van der Waals surface area (Å²) >= 11 is 1.87. The van der Waals surface area contributed by atoms with Gasteiger partial charge in [-0.2, -0.15) is 0 Å². The number of hydrogen-bond donors (Lipinski definition) is 0. The van der Waals surface area contributed by atoms with Gasteiger partial charge in [0.1, 0.15) is 22.2 Å². The highest BCUT2D eigenvalue weighted by atomic mass is 32.1. The number of fused-ring (bicyclic) bond motifs is 3. The first-order valence-electron chi connectivity index (χ1n) is 12.6. The van der Waals surface area contributed by atoms with Gasteiger partial charge < -0.3 is 14.5 Å². The lowest BCUT2D eigenvalue weighted by molar-refractivity contribution is -0.133. The number of nitrogens with zero attached hydrogens (tertiary/aromatic N) is 4. The number of carbonyl (C=O) groups is 1. The molecule has 0 bridgehead atoms. The molecular weight excluding hydrogens is 444 g/mol. The van der Waals surface area contributed by atoms with Crippen molar-refractivity contribution in [2.45, 2.75) is 52.4 Å². The number of anilines is 1. The number of thiophene rings is 1. The fraction of sp³-hybridized carbons (Fsp3) is 0.519. The summed E-state index contributed by atoms with van der Waals surface area (Å²) in [5, 5.41) is 1.27. The zero-order valence-corrected chi connectivity index (χ0v) is 21.2. The minimum atomic E-state index is 0.0403. The zero-order chi connectivity index (χ0) is 23.7. The minimum Gasteiger partial charge on any atom is -0.484 e. The molecule has 3 heterocycles. The maximum atomic E-state index is 12.7. The van der Waals surface area contributed by atoms with Crippen LogP contribution in [0, 0.1) is 5.92 Å². The highest BCUT2D eigenvalue weighted by Crippen LogP contribution is 2.41. The van der Waals surface area contributed by atoms with E-state index in [1.807, 2.05) is 46.6 Å². The van der Waals surface area contributed by atoms with Gasteiger partial charge in [-0.3, -0.25) is 4.79 Å². The number of carbonyl (C=O) groups excluding carboxylic acids is 1. The Morgan fingerprint density at radius 3 is 2.68 bits per heavy atom. The Morgan fingerprint density at radius 1 is 1.18 bits per heavy atom. The molecule has 1 amide bonds. The van der Waals surface area contributed by atoms with E-state index in [1.54, 1.807) is 0 Å². The second-order valence-electron chi connectivity index (χ2n) is 9.72. The molecule has 180 valence electrons. The molecule has 5 rings (SSSR count). The van der Waals surface area contributed by atoms with Gasteiger partial charge in [0, 0.05) is 37.0 Å². The van der Waals surface area contributed by atoms with Crippen molar-refractivity contribution >= 4 is 33.3 Å².